The maximum Gasteiger partial charge on any atom is 0.304 e. The number of carboxylic acids is 1. The second-order valence-corrected chi connectivity index (χ2v) is 5.32. The number of hydrogen-bond acceptors (Lipinski definition) is 2. The second kappa shape index (κ2) is 6.70. The van der Waals surface area contributed by atoms with Crippen LogP contribution in [0.3, 0.4) is 0 Å². The average molecular weight is 308 g/mol. The van der Waals surface area contributed by atoms with Gasteiger partial charge < -0.3 is 10.8 Å². The Morgan fingerprint density at radius 3 is 2.52 bits per heavy atom. The van der Waals surface area contributed by atoms with Crippen LogP contribution in [-0.2, 0) is 11.2 Å². The van der Waals surface area contributed by atoms with Gasteiger partial charge in [-0.1, -0.05) is 35.9 Å². The van der Waals surface area contributed by atoms with Gasteiger partial charge in [0.15, 0.2) is 0 Å². The molecule has 0 spiro atoms. The molecule has 0 saturated carbocycles. The molecule has 0 saturated heterocycles. The molecule has 2 rings (SSSR count). The van der Waals surface area contributed by atoms with Crippen LogP contribution in [-0.4, -0.2) is 17.1 Å². The van der Waals surface area contributed by atoms with Crippen molar-refractivity contribution < 1.29 is 14.3 Å². The minimum absolute atomic E-state index is 0.0787. The summed E-state index contributed by atoms with van der Waals surface area (Å²) >= 11 is 5.88. The quantitative estimate of drug-likeness (QED) is 0.888. The molecule has 3 nitrogen and oxygen atoms in total. The molecule has 21 heavy (non-hydrogen) atoms. The van der Waals surface area contributed by atoms with E-state index in [1.165, 1.54) is 12.1 Å². The lowest BCUT2D eigenvalue weighted by atomic mass is 9.99. The number of aliphatic carboxylic acids is 1. The van der Waals surface area contributed by atoms with Crippen LogP contribution in [0.15, 0.2) is 42.5 Å². The second-order valence-electron chi connectivity index (χ2n) is 4.88. The largest absolute Gasteiger partial charge is 0.481 e. The first-order valence-electron chi connectivity index (χ1n) is 6.47. The van der Waals surface area contributed by atoms with Gasteiger partial charge in [-0.25, -0.2) is 4.39 Å². The van der Waals surface area contributed by atoms with E-state index in [0.717, 1.165) is 5.56 Å². The zero-order valence-electron chi connectivity index (χ0n) is 11.2. The van der Waals surface area contributed by atoms with Crippen molar-refractivity contribution in [3.63, 3.8) is 0 Å². The molecule has 0 aliphatic rings. The lowest BCUT2D eigenvalue weighted by Gasteiger charge is -2.10. The van der Waals surface area contributed by atoms with Crippen molar-refractivity contribution in [3.05, 3.63) is 58.9 Å². The number of carboxylic acid groups (broad SMARTS) is 1. The van der Waals surface area contributed by atoms with E-state index >= 15 is 0 Å². The number of benzene rings is 2. The van der Waals surface area contributed by atoms with Gasteiger partial charge in [-0.05, 0) is 35.7 Å². The molecule has 0 aliphatic heterocycles. The Morgan fingerprint density at radius 2 is 1.90 bits per heavy atom. The van der Waals surface area contributed by atoms with Crippen LogP contribution in [0, 0.1) is 5.82 Å². The number of hydrogen-bond donors (Lipinski definition) is 2. The zero-order valence-corrected chi connectivity index (χ0v) is 12.0. The van der Waals surface area contributed by atoms with E-state index in [4.69, 9.17) is 22.4 Å². The first-order valence-corrected chi connectivity index (χ1v) is 6.85. The van der Waals surface area contributed by atoms with Gasteiger partial charge >= 0.3 is 5.97 Å². The number of carbonyl (C=O) groups is 1. The summed E-state index contributed by atoms with van der Waals surface area (Å²) in [6.45, 7) is 0. The Labute approximate surface area is 127 Å². The molecule has 1 atom stereocenters. The first-order chi connectivity index (χ1) is 9.95. The summed E-state index contributed by atoms with van der Waals surface area (Å²) in [6, 6.07) is 11.1. The molecule has 2 aromatic rings. The summed E-state index contributed by atoms with van der Waals surface area (Å²) < 4.78 is 13.8. The van der Waals surface area contributed by atoms with Gasteiger partial charge in [0.25, 0.3) is 0 Å². The van der Waals surface area contributed by atoms with Gasteiger partial charge in [0.1, 0.15) is 5.82 Å². The van der Waals surface area contributed by atoms with Crippen molar-refractivity contribution in [1.82, 2.24) is 0 Å². The summed E-state index contributed by atoms with van der Waals surface area (Å²) in [5.41, 5.74) is 7.80. The molecule has 0 aromatic heterocycles. The van der Waals surface area contributed by atoms with E-state index in [1.807, 2.05) is 12.1 Å². The molecule has 0 fully saturated rings. The molecule has 2 aromatic carbocycles. The molecule has 0 radical (unpaired) electrons. The SMILES string of the molecule is NC(CC(=O)O)Cc1ccc(-c2cc(Cl)ccc2F)cc1. The highest BCUT2D eigenvalue weighted by Crippen LogP contribution is 2.26. The molecule has 0 bridgehead atoms. The van der Waals surface area contributed by atoms with Crippen molar-refractivity contribution >= 4 is 17.6 Å². The van der Waals surface area contributed by atoms with Gasteiger partial charge in [-0.2, -0.15) is 0 Å². The lowest BCUT2D eigenvalue weighted by molar-refractivity contribution is -0.137. The first kappa shape index (κ1) is 15.5. The van der Waals surface area contributed by atoms with Crippen LogP contribution in [0.1, 0.15) is 12.0 Å². The molecule has 1 unspecified atom stereocenters. The predicted molar refractivity (Wildman–Crippen MR) is 80.8 cm³/mol. The minimum Gasteiger partial charge on any atom is -0.481 e. The number of halogens is 2. The number of nitrogens with two attached hydrogens (primary N) is 1. The van der Waals surface area contributed by atoms with E-state index in [1.54, 1.807) is 18.2 Å². The topological polar surface area (TPSA) is 63.3 Å². The smallest absolute Gasteiger partial charge is 0.304 e. The number of rotatable bonds is 5. The van der Waals surface area contributed by atoms with Crippen molar-refractivity contribution in [1.29, 1.82) is 0 Å². The van der Waals surface area contributed by atoms with Gasteiger partial charge in [0.05, 0.1) is 6.42 Å². The molecular formula is C16H15ClFNO2. The Bertz CT molecular complexity index is 643. The van der Waals surface area contributed by atoms with E-state index in [2.05, 4.69) is 0 Å². The van der Waals surface area contributed by atoms with Crippen LogP contribution < -0.4 is 5.73 Å². The Hall–Kier alpha value is -1.91. The van der Waals surface area contributed by atoms with Crippen molar-refractivity contribution in [3.8, 4) is 11.1 Å². The van der Waals surface area contributed by atoms with Crippen LogP contribution in [0.2, 0.25) is 5.02 Å². The lowest BCUT2D eigenvalue weighted by Crippen LogP contribution is -2.26. The van der Waals surface area contributed by atoms with Crippen LogP contribution in [0.4, 0.5) is 4.39 Å². The Morgan fingerprint density at radius 1 is 1.24 bits per heavy atom. The fourth-order valence-corrected chi connectivity index (χ4v) is 2.31. The zero-order chi connectivity index (χ0) is 15.4. The van der Waals surface area contributed by atoms with Gasteiger partial charge in [0, 0.05) is 16.6 Å². The Balaban J connectivity index is 2.15. The maximum atomic E-state index is 13.8. The maximum absolute atomic E-state index is 13.8. The Kier molecular flexibility index (Phi) is 4.94. The third-order valence-electron chi connectivity index (χ3n) is 3.13. The van der Waals surface area contributed by atoms with E-state index in [9.17, 15) is 9.18 Å². The van der Waals surface area contributed by atoms with Crippen LogP contribution in [0.5, 0.6) is 0 Å². The van der Waals surface area contributed by atoms with E-state index in [-0.39, 0.29) is 12.2 Å². The molecule has 0 amide bonds. The highest BCUT2D eigenvalue weighted by atomic mass is 35.5. The molecule has 0 aliphatic carbocycles. The summed E-state index contributed by atoms with van der Waals surface area (Å²) in [4.78, 5) is 10.6. The average Bonchev–Trinajstić information content (AvgIpc) is 2.41. The molecule has 110 valence electrons. The molecule has 3 N–H and O–H groups in total. The van der Waals surface area contributed by atoms with Crippen molar-refractivity contribution in [2.24, 2.45) is 5.73 Å². The van der Waals surface area contributed by atoms with Crippen molar-refractivity contribution in [2.45, 2.75) is 18.9 Å². The normalized spacial score (nSPS) is 12.1. The van der Waals surface area contributed by atoms with Crippen molar-refractivity contribution in [2.75, 3.05) is 0 Å². The molecule has 0 heterocycles. The summed E-state index contributed by atoms with van der Waals surface area (Å²) in [7, 11) is 0. The van der Waals surface area contributed by atoms with Crippen LogP contribution in [0.25, 0.3) is 11.1 Å². The highest BCUT2D eigenvalue weighted by Gasteiger charge is 2.10. The third-order valence-corrected chi connectivity index (χ3v) is 3.36. The highest BCUT2D eigenvalue weighted by molar-refractivity contribution is 6.30. The van der Waals surface area contributed by atoms with E-state index < -0.39 is 12.0 Å². The van der Waals surface area contributed by atoms with Crippen LogP contribution >= 0.6 is 11.6 Å². The predicted octanol–water partition coefficient (Wildman–Crippen LogP) is 3.49. The van der Waals surface area contributed by atoms with Gasteiger partial charge in [-0.3, -0.25) is 4.79 Å². The monoisotopic (exact) mass is 307 g/mol. The molecule has 5 heteroatoms. The minimum atomic E-state index is -0.917. The third kappa shape index (κ3) is 4.28. The van der Waals surface area contributed by atoms with E-state index in [0.29, 0.717) is 22.6 Å². The summed E-state index contributed by atoms with van der Waals surface area (Å²) in [5, 5.41) is 9.15. The van der Waals surface area contributed by atoms with Gasteiger partial charge in [-0.15, -0.1) is 0 Å². The van der Waals surface area contributed by atoms with Gasteiger partial charge in [0.2, 0.25) is 0 Å². The summed E-state index contributed by atoms with van der Waals surface area (Å²) in [6.07, 6.45) is 0.384. The standard InChI is InChI=1S/C16H15ClFNO2/c17-12-5-6-15(18)14(8-12)11-3-1-10(2-4-11)7-13(19)9-16(20)21/h1-6,8,13H,7,9,19H2,(H,20,21). The fourth-order valence-electron chi connectivity index (χ4n) is 2.14. The molecular weight excluding hydrogens is 293 g/mol. The summed E-state index contributed by atoms with van der Waals surface area (Å²) in [5.74, 6) is -1.25. The fraction of sp³-hybridized carbons (Fsp3) is 0.188.